The summed E-state index contributed by atoms with van der Waals surface area (Å²) in [6, 6.07) is 12.0. The Morgan fingerprint density at radius 2 is 1.93 bits per heavy atom. The zero-order valence-electron chi connectivity index (χ0n) is 18.2. The van der Waals surface area contributed by atoms with E-state index in [0.717, 1.165) is 49.0 Å². The number of aromatic nitrogens is 1. The van der Waals surface area contributed by atoms with Gasteiger partial charge in [0.05, 0.1) is 0 Å². The molecule has 1 aliphatic heterocycles. The first kappa shape index (κ1) is 21.6. The lowest BCUT2D eigenvalue weighted by atomic mass is 10.1. The molecule has 1 aliphatic rings. The molecule has 30 heavy (non-hydrogen) atoms. The van der Waals surface area contributed by atoms with Crippen LogP contribution in [0, 0.1) is 0 Å². The maximum absolute atomic E-state index is 12.1. The molecule has 1 aromatic heterocycles. The Labute approximate surface area is 179 Å². The summed E-state index contributed by atoms with van der Waals surface area (Å²) in [6.07, 6.45) is 5.25. The number of hydrogen-bond acceptors (Lipinski definition) is 4. The summed E-state index contributed by atoms with van der Waals surface area (Å²) in [5.74, 6) is 1.83. The summed E-state index contributed by atoms with van der Waals surface area (Å²) in [5, 5.41) is 6.66. The van der Waals surface area contributed by atoms with Gasteiger partial charge in [0.2, 0.25) is 0 Å². The molecule has 1 aromatic carbocycles. The monoisotopic (exact) mass is 408 g/mol. The van der Waals surface area contributed by atoms with Crippen molar-refractivity contribution >= 4 is 17.7 Å². The number of nitrogens with one attached hydrogen (secondary N) is 2. The number of carbonyl (C=O) groups excluding carboxylic acids is 1. The van der Waals surface area contributed by atoms with Crippen LogP contribution in [0.2, 0.25) is 0 Å². The second-order valence-corrected chi connectivity index (χ2v) is 7.72. The molecule has 2 heterocycles. The van der Waals surface area contributed by atoms with Gasteiger partial charge in [-0.3, -0.25) is 9.79 Å². The molecular formula is C23H32N6O. The third-order valence-electron chi connectivity index (χ3n) is 5.21. The molecule has 1 saturated heterocycles. The Kier molecular flexibility index (Phi) is 7.65. The van der Waals surface area contributed by atoms with Crippen molar-refractivity contribution in [1.82, 2.24) is 20.5 Å². The van der Waals surface area contributed by atoms with Gasteiger partial charge in [-0.05, 0) is 48.6 Å². The van der Waals surface area contributed by atoms with Crippen LogP contribution in [0.5, 0.6) is 0 Å². The largest absolute Gasteiger partial charge is 0.357 e. The fraction of sp³-hybridized carbons (Fsp3) is 0.435. The van der Waals surface area contributed by atoms with Crippen molar-refractivity contribution in [3.63, 3.8) is 0 Å². The summed E-state index contributed by atoms with van der Waals surface area (Å²) in [7, 11) is 5.30. The van der Waals surface area contributed by atoms with Crippen LogP contribution in [0.4, 0.5) is 5.82 Å². The molecular weight excluding hydrogens is 376 g/mol. The van der Waals surface area contributed by atoms with Crippen LogP contribution in [-0.4, -0.2) is 62.5 Å². The van der Waals surface area contributed by atoms with Crippen molar-refractivity contribution in [2.45, 2.75) is 25.8 Å². The van der Waals surface area contributed by atoms with Gasteiger partial charge in [-0.25, -0.2) is 4.98 Å². The van der Waals surface area contributed by atoms with E-state index in [1.807, 2.05) is 30.5 Å². The number of guanidine groups is 1. The molecule has 160 valence electrons. The number of hydrogen-bond donors (Lipinski definition) is 2. The molecule has 0 bridgehead atoms. The van der Waals surface area contributed by atoms with Crippen LogP contribution in [0.3, 0.4) is 0 Å². The van der Waals surface area contributed by atoms with Gasteiger partial charge < -0.3 is 20.4 Å². The van der Waals surface area contributed by atoms with E-state index in [1.54, 1.807) is 26.0 Å². The third kappa shape index (κ3) is 5.95. The maximum atomic E-state index is 12.1. The maximum Gasteiger partial charge on any atom is 0.253 e. The molecule has 0 aliphatic carbocycles. The Morgan fingerprint density at radius 1 is 1.13 bits per heavy atom. The van der Waals surface area contributed by atoms with Crippen molar-refractivity contribution in [2.24, 2.45) is 4.99 Å². The first-order chi connectivity index (χ1) is 14.6. The van der Waals surface area contributed by atoms with Crippen LogP contribution in [0.25, 0.3) is 0 Å². The van der Waals surface area contributed by atoms with Gasteiger partial charge >= 0.3 is 0 Å². The van der Waals surface area contributed by atoms with Crippen LogP contribution in [0.1, 0.15) is 34.3 Å². The molecule has 7 heteroatoms. The smallest absolute Gasteiger partial charge is 0.253 e. The Hall–Kier alpha value is -3.09. The van der Waals surface area contributed by atoms with Gasteiger partial charge in [-0.1, -0.05) is 18.2 Å². The number of amides is 1. The number of aliphatic imine (C=N–C) groups is 1. The minimum Gasteiger partial charge on any atom is -0.357 e. The van der Waals surface area contributed by atoms with E-state index < -0.39 is 0 Å². The summed E-state index contributed by atoms with van der Waals surface area (Å²) in [4.78, 5) is 24.9. The first-order valence-electron chi connectivity index (χ1n) is 10.5. The van der Waals surface area contributed by atoms with Gasteiger partial charge in [0, 0.05) is 59.1 Å². The normalized spacial score (nSPS) is 14.0. The number of pyridine rings is 1. The van der Waals surface area contributed by atoms with E-state index in [2.05, 4.69) is 37.6 Å². The minimum atomic E-state index is 0.0200. The van der Waals surface area contributed by atoms with Crippen molar-refractivity contribution in [1.29, 1.82) is 0 Å². The highest BCUT2D eigenvalue weighted by Gasteiger charge is 2.13. The van der Waals surface area contributed by atoms with Gasteiger partial charge in [0.25, 0.3) is 5.91 Å². The van der Waals surface area contributed by atoms with E-state index in [0.29, 0.717) is 12.1 Å². The van der Waals surface area contributed by atoms with Crippen LogP contribution >= 0.6 is 0 Å². The predicted molar refractivity (Wildman–Crippen MR) is 122 cm³/mol. The molecule has 3 rings (SSSR count). The summed E-state index contributed by atoms with van der Waals surface area (Å²) in [5.41, 5.74) is 2.95. The lowest BCUT2D eigenvalue weighted by molar-refractivity contribution is 0.0827. The van der Waals surface area contributed by atoms with Crippen molar-refractivity contribution in [3.8, 4) is 0 Å². The number of benzene rings is 1. The SMILES string of the molecule is CN=C(NCCc1cccc(C(=O)N(C)C)c1)NCc1ccc(N2CCCC2)nc1. The van der Waals surface area contributed by atoms with Crippen LogP contribution < -0.4 is 15.5 Å². The van der Waals surface area contributed by atoms with Crippen LogP contribution in [0.15, 0.2) is 47.6 Å². The number of rotatable bonds is 7. The molecule has 1 amide bonds. The summed E-state index contributed by atoms with van der Waals surface area (Å²) >= 11 is 0. The number of anilines is 1. The van der Waals surface area contributed by atoms with Crippen molar-refractivity contribution in [3.05, 3.63) is 59.3 Å². The molecule has 0 unspecified atom stereocenters. The standard InChI is InChI=1S/C23H32N6O/c1-24-23(25-12-11-18-7-6-8-20(15-18)22(30)28(2)3)27-17-19-9-10-21(26-16-19)29-13-4-5-14-29/h6-10,15-16H,4-5,11-14,17H2,1-3H3,(H2,24,25,27). The minimum absolute atomic E-state index is 0.0200. The van der Waals surface area contributed by atoms with Gasteiger partial charge in [-0.15, -0.1) is 0 Å². The highest BCUT2D eigenvalue weighted by molar-refractivity contribution is 5.94. The van der Waals surface area contributed by atoms with Gasteiger partial charge in [0.1, 0.15) is 5.82 Å². The summed E-state index contributed by atoms with van der Waals surface area (Å²) < 4.78 is 0. The molecule has 0 atom stereocenters. The fourth-order valence-electron chi connectivity index (χ4n) is 3.50. The fourth-order valence-corrected chi connectivity index (χ4v) is 3.50. The molecule has 0 spiro atoms. The van der Waals surface area contributed by atoms with E-state index in [-0.39, 0.29) is 5.91 Å². The highest BCUT2D eigenvalue weighted by Crippen LogP contribution is 2.17. The molecule has 2 aromatic rings. The van der Waals surface area contributed by atoms with Crippen LogP contribution in [-0.2, 0) is 13.0 Å². The topological polar surface area (TPSA) is 72.9 Å². The van der Waals surface area contributed by atoms with Crippen molar-refractivity contribution in [2.75, 3.05) is 45.7 Å². The quantitative estimate of drug-likeness (QED) is 0.543. The molecule has 0 saturated carbocycles. The first-order valence-corrected chi connectivity index (χ1v) is 10.5. The second kappa shape index (κ2) is 10.6. The average Bonchev–Trinajstić information content (AvgIpc) is 3.31. The zero-order chi connectivity index (χ0) is 21.3. The molecule has 2 N–H and O–H groups in total. The second-order valence-electron chi connectivity index (χ2n) is 7.72. The number of nitrogens with zero attached hydrogens (tertiary/aromatic N) is 4. The predicted octanol–water partition coefficient (Wildman–Crippen LogP) is 2.29. The number of carbonyl (C=O) groups is 1. The average molecular weight is 409 g/mol. The lowest BCUT2D eigenvalue weighted by Gasteiger charge is -2.16. The molecule has 1 fully saturated rings. The van der Waals surface area contributed by atoms with E-state index >= 15 is 0 Å². The van der Waals surface area contributed by atoms with Crippen molar-refractivity contribution < 1.29 is 4.79 Å². The third-order valence-corrected chi connectivity index (χ3v) is 5.21. The Morgan fingerprint density at radius 3 is 2.60 bits per heavy atom. The van der Waals surface area contributed by atoms with E-state index in [4.69, 9.17) is 0 Å². The molecule has 0 radical (unpaired) electrons. The van der Waals surface area contributed by atoms with Gasteiger partial charge in [0.15, 0.2) is 5.96 Å². The molecule has 7 nitrogen and oxygen atoms in total. The van der Waals surface area contributed by atoms with Gasteiger partial charge in [-0.2, -0.15) is 0 Å². The highest BCUT2D eigenvalue weighted by atomic mass is 16.2. The van der Waals surface area contributed by atoms with E-state index in [1.165, 1.54) is 12.8 Å². The van der Waals surface area contributed by atoms with E-state index in [9.17, 15) is 4.79 Å². The Balaban J connectivity index is 1.45. The summed E-state index contributed by atoms with van der Waals surface area (Å²) in [6.45, 7) is 3.60. The Bertz CT molecular complexity index is 856. The lowest BCUT2D eigenvalue weighted by Crippen LogP contribution is -2.37. The zero-order valence-corrected chi connectivity index (χ0v) is 18.2.